The van der Waals surface area contributed by atoms with Gasteiger partial charge in [0.25, 0.3) is 5.56 Å². The van der Waals surface area contributed by atoms with E-state index in [1.54, 1.807) is 43.3 Å². The van der Waals surface area contributed by atoms with E-state index >= 15 is 0 Å². The summed E-state index contributed by atoms with van der Waals surface area (Å²) < 4.78 is 10.3. The summed E-state index contributed by atoms with van der Waals surface area (Å²) in [6.07, 6.45) is 0.654. The molecule has 0 bridgehead atoms. The van der Waals surface area contributed by atoms with Crippen molar-refractivity contribution in [1.82, 2.24) is 15.0 Å². The van der Waals surface area contributed by atoms with E-state index in [-0.39, 0.29) is 16.9 Å². The van der Waals surface area contributed by atoms with Crippen LogP contribution in [0.4, 0.5) is 0 Å². The highest BCUT2D eigenvalue weighted by Crippen LogP contribution is 2.17. The third-order valence-corrected chi connectivity index (χ3v) is 3.48. The summed E-state index contributed by atoms with van der Waals surface area (Å²) in [4.78, 5) is 35.2. The molecule has 7 heteroatoms. The van der Waals surface area contributed by atoms with Crippen LogP contribution < -0.4 is 10.3 Å². The molecule has 3 rings (SSSR count). The van der Waals surface area contributed by atoms with Crippen molar-refractivity contribution in [3.63, 3.8) is 0 Å². The van der Waals surface area contributed by atoms with Crippen molar-refractivity contribution in [2.24, 2.45) is 0 Å². The van der Waals surface area contributed by atoms with E-state index < -0.39 is 12.1 Å². The summed E-state index contributed by atoms with van der Waals surface area (Å²) in [5.74, 6) is 0.127. The number of aromatic nitrogens is 3. The van der Waals surface area contributed by atoms with Crippen LogP contribution in [0, 0.1) is 0 Å². The number of fused-ring (bicyclic) bond motifs is 1. The number of H-pyrrole nitrogens is 1. The molecule has 0 amide bonds. The summed E-state index contributed by atoms with van der Waals surface area (Å²) in [7, 11) is 1.49. The summed E-state index contributed by atoms with van der Waals surface area (Å²) >= 11 is 0. The van der Waals surface area contributed by atoms with Crippen molar-refractivity contribution in [3.8, 4) is 5.88 Å². The van der Waals surface area contributed by atoms with Gasteiger partial charge in [-0.15, -0.1) is 0 Å². The van der Waals surface area contributed by atoms with Crippen LogP contribution in [0.15, 0.2) is 47.4 Å². The van der Waals surface area contributed by atoms with E-state index in [9.17, 15) is 9.59 Å². The summed E-state index contributed by atoms with van der Waals surface area (Å²) in [5, 5.41) is 0.485. The second-order valence-corrected chi connectivity index (χ2v) is 5.11. The van der Waals surface area contributed by atoms with E-state index in [4.69, 9.17) is 9.47 Å². The van der Waals surface area contributed by atoms with E-state index in [1.807, 2.05) is 0 Å². The zero-order valence-corrected chi connectivity index (χ0v) is 13.1. The van der Waals surface area contributed by atoms with Gasteiger partial charge in [-0.05, 0) is 25.1 Å². The highest BCUT2D eigenvalue weighted by Gasteiger charge is 2.17. The number of hydrogen-bond acceptors (Lipinski definition) is 6. The van der Waals surface area contributed by atoms with Gasteiger partial charge >= 0.3 is 5.97 Å². The zero-order chi connectivity index (χ0) is 17.1. The highest BCUT2D eigenvalue weighted by molar-refractivity contribution is 5.89. The molecular weight excluding hydrogens is 310 g/mol. The van der Waals surface area contributed by atoms with E-state index in [0.29, 0.717) is 16.8 Å². The van der Waals surface area contributed by atoms with Crippen LogP contribution in [0.1, 0.15) is 29.2 Å². The molecule has 1 N–H and O–H groups in total. The monoisotopic (exact) mass is 325 g/mol. The van der Waals surface area contributed by atoms with Crippen LogP contribution in [-0.2, 0) is 4.74 Å². The maximum absolute atomic E-state index is 12.2. The molecule has 1 aromatic carbocycles. The Labute approximate surface area is 137 Å². The number of ether oxygens (including phenoxy) is 2. The first-order chi connectivity index (χ1) is 11.6. The normalized spacial score (nSPS) is 11.9. The van der Waals surface area contributed by atoms with Gasteiger partial charge in [0.05, 0.1) is 23.6 Å². The SMILES string of the molecule is COc1ccc(C(=O)O[C@@H](C)c2nc3ccccc3c(=O)[nH]2)cn1. The number of aromatic amines is 1. The molecular formula is C17H15N3O4. The molecule has 0 fully saturated rings. The number of rotatable bonds is 4. The van der Waals surface area contributed by atoms with E-state index in [1.165, 1.54) is 13.3 Å². The fraction of sp³-hybridized carbons (Fsp3) is 0.176. The molecule has 0 saturated carbocycles. The summed E-state index contributed by atoms with van der Waals surface area (Å²) in [6, 6.07) is 10.1. The van der Waals surface area contributed by atoms with Crippen LogP contribution in [0.5, 0.6) is 5.88 Å². The van der Waals surface area contributed by atoms with Crippen LogP contribution in [0.2, 0.25) is 0 Å². The Hall–Kier alpha value is -3.22. The van der Waals surface area contributed by atoms with Gasteiger partial charge in [-0.3, -0.25) is 4.79 Å². The third-order valence-electron chi connectivity index (χ3n) is 3.48. The van der Waals surface area contributed by atoms with E-state index in [2.05, 4.69) is 15.0 Å². The van der Waals surface area contributed by atoms with Crippen molar-refractivity contribution in [1.29, 1.82) is 0 Å². The Morgan fingerprint density at radius 2 is 2.00 bits per heavy atom. The quantitative estimate of drug-likeness (QED) is 0.739. The number of benzene rings is 1. The van der Waals surface area contributed by atoms with Gasteiger partial charge in [0.15, 0.2) is 11.9 Å². The van der Waals surface area contributed by atoms with Crippen molar-refractivity contribution < 1.29 is 14.3 Å². The first-order valence-electron chi connectivity index (χ1n) is 7.28. The number of hydrogen-bond donors (Lipinski definition) is 1. The van der Waals surface area contributed by atoms with Gasteiger partial charge in [0, 0.05) is 12.3 Å². The Morgan fingerprint density at radius 1 is 1.21 bits per heavy atom. The number of pyridine rings is 1. The number of carbonyl (C=O) groups is 1. The average Bonchev–Trinajstić information content (AvgIpc) is 2.61. The van der Waals surface area contributed by atoms with Crippen molar-refractivity contribution in [2.45, 2.75) is 13.0 Å². The first kappa shape index (κ1) is 15.7. The van der Waals surface area contributed by atoms with Crippen LogP contribution in [-0.4, -0.2) is 28.0 Å². The molecule has 0 aliphatic rings. The molecule has 0 spiro atoms. The lowest BCUT2D eigenvalue weighted by atomic mass is 10.2. The lowest BCUT2D eigenvalue weighted by molar-refractivity contribution is 0.0319. The average molecular weight is 325 g/mol. The smallest absolute Gasteiger partial charge is 0.340 e. The maximum atomic E-state index is 12.2. The molecule has 1 atom stereocenters. The Kier molecular flexibility index (Phi) is 4.24. The van der Waals surface area contributed by atoms with Gasteiger partial charge in [0.1, 0.15) is 0 Å². The predicted octanol–water partition coefficient (Wildman–Crippen LogP) is 2.24. The molecule has 122 valence electrons. The predicted molar refractivity (Wildman–Crippen MR) is 87.0 cm³/mol. The lowest BCUT2D eigenvalue weighted by Crippen LogP contribution is -2.17. The number of nitrogens with zero attached hydrogens (tertiary/aromatic N) is 2. The highest BCUT2D eigenvalue weighted by atomic mass is 16.5. The third kappa shape index (κ3) is 3.10. The number of esters is 1. The van der Waals surface area contributed by atoms with Gasteiger partial charge in [-0.25, -0.2) is 14.8 Å². The molecule has 3 aromatic rings. The molecule has 0 aliphatic heterocycles. The van der Waals surface area contributed by atoms with Crippen molar-refractivity contribution >= 4 is 16.9 Å². The van der Waals surface area contributed by atoms with Crippen molar-refractivity contribution in [2.75, 3.05) is 7.11 Å². The van der Waals surface area contributed by atoms with Crippen LogP contribution in [0.3, 0.4) is 0 Å². The Balaban J connectivity index is 1.82. The van der Waals surface area contributed by atoms with E-state index in [0.717, 1.165) is 0 Å². The minimum absolute atomic E-state index is 0.274. The van der Waals surface area contributed by atoms with Gasteiger partial charge in [0.2, 0.25) is 5.88 Å². The lowest BCUT2D eigenvalue weighted by Gasteiger charge is -2.13. The molecule has 2 heterocycles. The van der Waals surface area contributed by atoms with Crippen LogP contribution >= 0.6 is 0 Å². The van der Waals surface area contributed by atoms with Gasteiger partial charge in [-0.2, -0.15) is 0 Å². The van der Waals surface area contributed by atoms with Crippen LogP contribution in [0.25, 0.3) is 10.9 Å². The maximum Gasteiger partial charge on any atom is 0.340 e. The molecule has 0 radical (unpaired) electrons. The van der Waals surface area contributed by atoms with Gasteiger partial charge < -0.3 is 14.5 Å². The second-order valence-electron chi connectivity index (χ2n) is 5.11. The first-order valence-corrected chi connectivity index (χ1v) is 7.28. The Bertz CT molecular complexity index is 934. The standard InChI is InChI=1S/C17H15N3O4/c1-10(24-17(22)11-7-8-14(23-2)18-9-11)15-19-13-6-4-3-5-12(13)16(21)20-15/h3-10H,1-2H3,(H,19,20,21)/t10-/m0/s1. The molecule has 7 nitrogen and oxygen atoms in total. The fourth-order valence-electron chi connectivity index (χ4n) is 2.20. The molecule has 24 heavy (non-hydrogen) atoms. The number of nitrogens with one attached hydrogen (secondary N) is 1. The van der Waals surface area contributed by atoms with Gasteiger partial charge in [-0.1, -0.05) is 12.1 Å². The number of carbonyl (C=O) groups excluding carboxylic acids is 1. The largest absolute Gasteiger partial charge is 0.481 e. The molecule has 0 unspecified atom stereocenters. The molecule has 2 aromatic heterocycles. The molecule has 0 saturated heterocycles. The minimum atomic E-state index is -0.711. The zero-order valence-electron chi connectivity index (χ0n) is 13.1. The fourth-order valence-corrected chi connectivity index (χ4v) is 2.20. The number of methoxy groups -OCH3 is 1. The summed E-state index contributed by atoms with van der Waals surface area (Å²) in [5.41, 5.74) is 0.556. The number of para-hydroxylation sites is 1. The minimum Gasteiger partial charge on any atom is -0.481 e. The topological polar surface area (TPSA) is 94.2 Å². The molecule has 0 aliphatic carbocycles. The van der Waals surface area contributed by atoms with Crippen molar-refractivity contribution in [3.05, 3.63) is 64.3 Å². The Morgan fingerprint density at radius 3 is 2.71 bits per heavy atom. The summed E-state index contributed by atoms with van der Waals surface area (Å²) in [6.45, 7) is 1.64. The second kappa shape index (κ2) is 6.49.